The molecular weight excluding hydrogens is 396 g/mol. The minimum absolute atomic E-state index is 0. The number of benzene rings is 2. The van der Waals surface area contributed by atoms with Crippen LogP contribution in [0.3, 0.4) is 0 Å². The fourth-order valence-electron chi connectivity index (χ4n) is 5.99. The van der Waals surface area contributed by atoms with Crippen LogP contribution in [0.15, 0.2) is 48.5 Å². The first kappa shape index (κ1) is 21.4. The second-order valence-electron chi connectivity index (χ2n) is 8.96. The molecule has 5 heteroatoms. The number of fused-ring (bicyclic) bond motifs is 1. The molecule has 0 spiro atoms. The Kier molecular flexibility index (Phi) is 6.19. The van der Waals surface area contributed by atoms with Crippen molar-refractivity contribution < 1.29 is 9.53 Å². The molecule has 1 amide bonds. The van der Waals surface area contributed by atoms with Gasteiger partial charge in [-0.1, -0.05) is 48.5 Å². The molecule has 2 bridgehead atoms. The van der Waals surface area contributed by atoms with Crippen molar-refractivity contribution in [2.24, 2.45) is 11.3 Å². The summed E-state index contributed by atoms with van der Waals surface area (Å²) in [4.78, 5) is 13.2. The average molecular weight is 427 g/mol. The van der Waals surface area contributed by atoms with Crippen LogP contribution in [0, 0.1) is 11.3 Å². The molecule has 160 valence electrons. The minimum Gasteiger partial charge on any atom is -0.384 e. The number of amides is 1. The van der Waals surface area contributed by atoms with E-state index in [1.54, 1.807) is 7.11 Å². The molecule has 1 unspecified atom stereocenters. The number of hydrogen-bond acceptors (Lipinski definition) is 3. The zero-order valence-electron chi connectivity index (χ0n) is 17.5. The maximum Gasteiger partial charge on any atom is 0.228 e. The topological polar surface area (TPSA) is 50.4 Å². The van der Waals surface area contributed by atoms with Crippen LogP contribution in [0.5, 0.6) is 0 Å². The molecule has 4 nitrogen and oxygen atoms in total. The third kappa shape index (κ3) is 3.45. The van der Waals surface area contributed by atoms with E-state index in [1.165, 1.54) is 22.3 Å². The Morgan fingerprint density at radius 2 is 1.60 bits per heavy atom. The standard InChI is InChI=1S/C25H30N2O2.ClH/c1-29-16-25(10-12-26-13-11-25)24(28)27-15-17-14-22-18-6-2-4-8-20(18)23(17)21-9-5-3-7-19(21)22;/h2-9,17,22-23,26H,10-16H2,1H3,(H,27,28);1H. The molecule has 0 aromatic heterocycles. The summed E-state index contributed by atoms with van der Waals surface area (Å²) in [5.41, 5.74) is 5.48. The molecule has 30 heavy (non-hydrogen) atoms. The normalized spacial score (nSPS) is 25.6. The molecule has 2 aromatic carbocycles. The van der Waals surface area contributed by atoms with Crippen molar-refractivity contribution in [3.63, 3.8) is 0 Å². The monoisotopic (exact) mass is 426 g/mol. The van der Waals surface area contributed by atoms with Gasteiger partial charge in [-0.3, -0.25) is 4.79 Å². The summed E-state index contributed by atoms with van der Waals surface area (Å²) in [7, 11) is 1.70. The molecule has 1 fully saturated rings. The minimum atomic E-state index is -0.385. The fraction of sp³-hybridized carbons (Fsp3) is 0.480. The van der Waals surface area contributed by atoms with Gasteiger partial charge in [0.2, 0.25) is 5.91 Å². The van der Waals surface area contributed by atoms with Crippen LogP contribution in [0.2, 0.25) is 0 Å². The number of piperidine rings is 1. The fourth-order valence-corrected chi connectivity index (χ4v) is 5.99. The van der Waals surface area contributed by atoms with Crippen LogP contribution >= 0.6 is 12.4 Å². The van der Waals surface area contributed by atoms with Crippen molar-refractivity contribution in [3.8, 4) is 0 Å². The van der Waals surface area contributed by atoms with E-state index in [-0.39, 0.29) is 23.7 Å². The maximum absolute atomic E-state index is 13.2. The Morgan fingerprint density at radius 1 is 1.03 bits per heavy atom. The highest BCUT2D eigenvalue weighted by molar-refractivity contribution is 5.85. The van der Waals surface area contributed by atoms with Gasteiger partial charge < -0.3 is 15.4 Å². The lowest BCUT2D eigenvalue weighted by molar-refractivity contribution is -0.136. The van der Waals surface area contributed by atoms with E-state index in [4.69, 9.17) is 4.74 Å². The van der Waals surface area contributed by atoms with Gasteiger partial charge in [0.1, 0.15) is 0 Å². The van der Waals surface area contributed by atoms with E-state index in [1.807, 2.05) is 0 Å². The number of rotatable bonds is 5. The molecule has 4 aliphatic rings. The summed E-state index contributed by atoms with van der Waals surface area (Å²) in [6.07, 6.45) is 2.79. The average Bonchev–Trinajstić information content (AvgIpc) is 2.78. The molecule has 2 aromatic rings. The Morgan fingerprint density at radius 3 is 2.17 bits per heavy atom. The molecule has 1 saturated heterocycles. The van der Waals surface area contributed by atoms with Crippen molar-refractivity contribution >= 4 is 18.3 Å². The van der Waals surface area contributed by atoms with E-state index in [9.17, 15) is 4.79 Å². The summed E-state index contributed by atoms with van der Waals surface area (Å²) < 4.78 is 5.45. The van der Waals surface area contributed by atoms with E-state index in [2.05, 4.69) is 59.2 Å². The largest absolute Gasteiger partial charge is 0.384 e. The lowest BCUT2D eigenvalue weighted by atomic mass is 9.59. The number of methoxy groups -OCH3 is 1. The van der Waals surface area contributed by atoms with Crippen molar-refractivity contribution in [1.82, 2.24) is 10.6 Å². The highest BCUT2D eigenvalue weighted by atomic mass is 35.5. The molecule has 1 heterocycles. The van der Waals surface area contributed by atoms with Crippen LogP contribution in [0.25, 0.3) is 0 Å². The Labute approximate surface area is 185 Å². The van der Waals surface area contributed by atoms with Gasteiger partial charge in [0.05, 0.1) is 12.0 Å². The molecular formula is C25H31ClN2O2. The second-order valence-corrected chi connectivity index (χ2v) is 8.96. The van der Waals surface area contributed by atoms with Crippen molar-refractivity contribution in [1.29, 1.82) is 0 Å². The first-order valence-corrected chi connectivity index (χ1v) is 10.9. The van der Waals surface area contributed by atoms with Gasteiger partial charge in [0, 0.05) is 25.5 Å². The summed E-state index contributed by atoms with van der Waals surface area (Å²) in [5, 5.41) is 6.71. The van der Waals surface area contributed by atoms with Gasteiger partial charge >= 0.3 is 0 Å². The molecule has 0 radical (unpaired) electrons. The van der Waals surface area contributed by atoms with Crippen LogP contribution < -0.4 is 10.6 Å². The molecule has 1 aliphatic heterocycles. The SMILES string of the molecule is COCC1(C(=O)NCC2CC3c4ccccc4C2c2ccccc23)CCNCC1.Cl. The quantitative estimate of drug-likeness (QED) is 0.763. The second kappa shape index (κ2) is 8.70. The molecule has 6 rings (SSSR count). The Bertz CT molecular complexity index is 857. The molecule has 2 N–H and O–H groups in total. The third-order valence-electron chi connectivity index (χ3n) is 7.41. The first-order valence-electron chi connectivity index (χ1n) is 10.9. The van der Waals surface area contributed by atoms with E-state index in [0.29, 0.717) is 24.4 Å². The summed E-state index contributed by atoms with van der Waals surface area (Å²) in [6.45, 7) is 3.00. The van der Waals surface area contributed by atoms with E-state index >= 15 is 0 Å². The Hall–Kier alpha value is -1.88. The number of hydrogen-bond donors (Lipinski definition) is 2. The van der Waals surface area contributed by atoms with Crippen molar-refractivity contribution in [2.45, 2.75) is 31.1 Å². The smallest absolute Gasteiger partial charge is 0.228 e. The van der Waals surface area contributed by atoms with Crippen LogP contribution in [0.4, 0.5) is 0 Å². The van der Waals surface area contributed by atoms with Gasteiger partial charge in [0.15, 0.2) is 0 Å². The van der Waals surface area contributed by atoms with Crippen LogP contribution in [-0.2, 0) is 9.53 Å². The lowest BCUT2D eigenvalue weighted by Gasteiger charge is -2.46. The summed E-state index contributed by atoms with van der Waals surface area (Å²) in [5.74, 6) is 1.43. The number of halogens is 1. The molecule has 1 atom stereocenters. The third-order valence-corrected chi connectivity index (χ3v) is 7.41. The van der Waals surface area contributed by atoms with Crippen molar-refractivity contribution in [2.75, 3.05) is 33.4 Å². The van der Waals surface area contributed by atoms with E-state index < -0.39 is 0 Å². The summed E-state index contributed by atoms with van der Waals surface area (Å²) >= 11 is 0. The number of carbonyl (C=O) groups excluding carboxylic acids is 1. The number of ether oxygens (including phenoxy) is 1. The van der Waals surface area contributed by atoms with Gasteiger partial charge in [-0.2, -0.15) is 0 Å². The zero-order chi connectivity index (χ0) is 19.8. The lowest BCUT2D eigenvalue weighted by Crippen LogP contribution is -2.51. The summed E-state index contributed by atoms with van der Waals surface area (Å²) in [6, 6.07) is 17.8. The van der Waals surface area contributed by atoms with Crippen LogP contribution in [0.1, 0.15) is 53.4 Å². The highest BCUT2D eigenvalue weighted by Crippen LogP contribution is 2.55. The molecule has 3 aliphatic carbocycles. The number of nitrogens with one attached hydrogen (secondary N) is 2. The molecule has 0 saturated carbocycles. The van der Waals surface area contributed by atoms with Crippen LogP contribution in [-0.4, -0.2) is 39.3 Å². The van der Waals surface area contributed by atoms with Gasteiger partial charge in [-0.05, 0) is 60.5 Å². The predicted octanol–water partition coefficient (Wildman–Crippen LogP) is 3.84. The van der Waals surface area contributed by atoms with E-state index in [0.717, 1.165) is 38.9 Å². The van der Waals surface area contributed by atoms with Gasteiger partial charge in [-0.25, -0.2) is 0 Å². The zero-order valence-corrected chi connectivity index (χ0v) is 18.3. The highest BCUT2D eigenvalue weighted by Gasteiger charge is 2.44. The van der Waals surface area contributed by atoms with Gasteiger partial charge in [-0.15, -0.1) is 12.4 Å². The first-order chi connectivity index (χ1) is 14.2. The number of carbonyl (C=O) groups is 1. The van der Waals surface area contributed by atoms with Crippen molar-refractivity contribution in [3.05, 3.63) is 70.8 Å². The maximum atomic E-state index is 13.2. The predicted molar refractivity (Wildman–Crippen MR) is 121 cm³/mol. The van der Waals surface area contributed by atoms with Gasteiger partial charge in [0.25, 0.3) is 0 Å². The Balaban J connectivity index is 0.00000218.